The Morgan fingerprint density at radius 2 is 1.68 bits per heavy atom. The minimum atomic E-state index is 0.415. The fourth-order valence-corrected chi connectivity index (χ4v) is 9.89. The molecule has 0 radical (unpaired) electrons. The molecule has 0 aromatic heterocycles. The molecular weight excluding hydrogens is 372 g/mol. The van der Waals surface area contributed by atoms with Gasteiger partial charge in [-0.05, 0) is 135 Å². The van der Waals surface area contributed by atoms with Crippen LogP contribution in [0.2, 0.25) is 0 Å². The maximum absolute atomic E-state index is 4.32. The van der Waals surface area contributed by atoms with Gasteiger partial charge in [0.2, 0.25) is 0 Å². The van der Waals surface area contributed by atoms with Crippen molar-refractivity contribution in [2.24, 2.45) is 45.8 Å². The first-order valence-electron chi connectivity index (χ1n) is 13.9. The molecule has 0 aromatic rings. The Morgan fingerprint density at radius 1 is 0.935 bits per heavy atom. The van der Waals surface area contributed by atoms with Crippen LogP contribution < -0.4 is 0 Å². The molecule has 4 aliphatic rings. The van der Waals surface area contributed by atoms with Crippen molar-refractivity contribution in [1.29, 1.82) is 0 Å². The van der Waals surface area contributed by atoms with Gasteiger partial charge in [-0.3, -0.25) is 0 Å². The van der Waals surface area contributed by atoms with Crippen molar-refractivity contribution in [2.45, 2.75) is 118 Å². The zero-order valence-electron chi connectivity index (χ0n) is 21.3. The highest BCUT2D eigenvalue weighted by Gasteiger charge is 2.58. The van der Waals surface area contributed by atoms with Gasteiger partial charge in [0.05, 0.1) is 0 Å². The van der Waals surface area contributed by atoms with Crippen molar-refractivity contribution in [2.75, 3.05) is 0 Å². The zero-order valence-corrected chi connectivity index (χ0v) is 21.3. The summed E-state index contributed by atoms with van der Waals surface area (Å²) in [5.74, 6) is 4.61. The Bertz CT molecular complexity index is 710. The van der Waals surface area contributed by atoms with Gasteiger partial charge in [-0.25, -0.2) is 0 Å². The van der Waals surface area contributed by atoms with E-state index in [1.165, 1.54) is 95.5 Å². The third-order valence-electron chi connectivity index (χ3n) is 11.8. The molecule has 0 N–H and O–H groups in total. The van der Waals surface area contributed by atoms with Crippen LogP contribution in [0, 0.1) is 45.8 Å². The van der Waals surface area contributed by atoms with Crippen molar-refractivity contribution in [3.63, 3.8) is 0 Å². The van der Waals surface area contributed by atoms with E-state index in [4.69, 9.17) is 0 Å². The van der Waals surface area contributed by atoms with E-state index in [1.54, 1.807) is 0 Å². The number of hydrogen-bond donors (Lipinski definition) is 0. The van der Waals surface area contributed by atoms with Gasteiger partial charge in [-0.2, -0.15) is 0 Å². The van der Waals surface area contributed by atoms with Crippen LogP contribution in [0.25, 0.3) is 0 Å². The lowest BCUT2D eigenvalue weighted by atomic mass is 9.43. The minimum absolute atomic E-state index is 0.415. The van der Waals surface area contributed by atoms with E-state index in [1.807, 2.05) is 0 Å². The zero-order chi connectivity index (χ0) is 22.3. The lowest BCUT2D eigenvalue weighted by Crippen LogP contribution is -2.54. The van der Waals surface area contributed by atoms with Crippen LogP contribution in [0.3, 0.4) is 0 Å². The second kappa shape index (κ2) is 8.89. The summed E-state index contributed by atoms with van der Waals surface area (Å²) in [5.41, 5.74) is 6.32. The van der Waals surface area contributed by atoms with Crippen LogP contribution in [0.5, 0.6) is 0 Å². The summed E-state index contributed by atoms with van der Waals surface area (Å²) in [7, 11) is 0. The van der Waals surface area contributed by atoms with Gasteiger partial charge >= 0.3 is 0 Å². The Morgan fingerprint density at radius 3 is 2.35 bits per heavy atom. The summed E-state index contributed by atoms with van der Waals surface area (Å²) in [6.45, 7) is 18.2. The van der Waals surface area contributed by atoms with Crippen LogP contribution in [-0.2, 0) is 0 Å². The highest BCUT2D eigenvalue weighted by atomic mass is 14.6. The molecule has 0 saturated heterocycles. The normalized spacial score (nSPS) is 47.2. The van der Waals surface area contributed by atoms with Gasteiger partial charge in [0.15, 0.2) is 0 Å². The van der Waals surface area contributed by atoms with E-state index in [-0.39, 0.29) is 0 Å². The number of fused-ring (bicyclic) bond motifs is 5. The van der Waals surface area contributed by atoms with E-state index in [9.17, 15) is 0 Å². The molecule has 0 amide bonds. The second-order valence-electron chi connectivity index (χ2n) is 12.5. The predicted octanol–water partition coefficient (Wildman–Crippen LogP) is 9.52. The highest BCUT2D eigenvalue weighted by Crippen LogP contribution is 2.67. The van der Waals surface area contributed by atoms with Crippen molar-refractivity contribution in [3.8, 4) is 0 Å². The summed E-state index contributed by atoms with van der Waals surface area (Å²) in [4.78, 5) is 0. The standard InChI is InChI=1S/C31H50/c1-7-17-31-20-15-24-25(28(31)16-19-30(9-3,10-4)21-22-31)14-18-29(6)26(23(5)8-2)12-11-13-27(24)29/h9,24-28H,2-3,7,10-22H2,1,4-6H3/t24-,25+,26+,27+,28?,29?,30?,31?/m1/s1. The van der Waals surface area contributed by atoms with Crippen LogP contribution in [-0.4, -0.2) is 0 Å². The first kappa shape index (κ1) is 23.4. The van der Waals surface area contributed by atoms with E-state index in [2.05, 4.69) is 52.7 Å². The summed E-state index contributed by atoms with van der Waals surface area (Å²) in [5, 5.41) is 0. The molecule has 4 saturated carbocycles. The predicted molar refractivity (Wildman–Crippen MR) is 135 cm³/mol. The van der Waals surface area contributed by atoms with Crippen LogP contribution in [0.15, 0.2) is 30.5 Å². The quantitative estimate of drug-likeness (QED) is 0.305. The molecule has 0 bridgehead atoms. The highest BCUT2D eigenvalue weighted by molar-refractivity contribution is 5.15. The van der Waals surface area contributed by atoms with E-state index in [0.29, 0.717) is 16.2 Å². The fraction of sp³-hybridized carbons (Fsp3) is 0.839. The average molecular weight is 423 g/mol. The molecule has 4 aliphatic carbocycles. The minimum Gasteiger partial charge on any atom is -0.130 e. The average Bonchev–Trinajstić information content (AvgIpc) is 2.95. The smallest absolute Gasteiger partial charge is 0.00734 e. The summed E-state index contributed by atoms with van der Waals surface area (Å²) in [6, 6.07) is 0. The Hall–Kier alpha value is -0.740. The second-order valence-corrected chi connectivity index (χ2v) is 12.5. The van der Waals surface area contributed by atoms with Crippen molar-refractivity contribution in [1.82, 2.24) is 0 Å². The Balaban J connectivity index is 1.65. The first-order valence-corrected chi connectivity index (χ1v) is 13.9. The molecule has 0 spiro atoms. The summed E-state index contributed by atoms with van der Waals surface area (Å²) < 4.78 is 0. The lowest BCUT2D eigenvalue weighted by molar-refractivity contribution is -0.120. The Kier molecular flexibility index (Phi) is 6.72. The van der Waals surface area contributed by atoms with Gasteiger partial charge < -0.3 is 0 Å². The fourth-order valence-electron chi connectivity index (χ4n) is 9.89. The maximum atomic E-state index is 4.32. The molecular formula is C31H50. The number of rotatable bonds is 5. The molecule has 8 atom stereocenters. The van der Waals surface area contributed by atoms with E-state index >= 15 is 0 Å². The van der Waals surface area contributed by atoms with Gasteiger partial charge in [0.25, 0.3) is 0 Å². The van der Waals surface area contributed by atoms with Crippen molar-refractivity contribution < 1.29 is 0 Å². The summed E-state index contributed by atoms with van der Waals surface area (Å²) in [6.07, 6.45) is 22.5. The SMILES string of the molecule is C=C=C(C)[C@@H]1CCC[C@H]2[C@@H]3CCC4(CCC)CCC(C=C)(CC)CCC4[C@H]3CCC12C. The molecule has 31 heavy (non-hydrogen) atoms. The molecule has 0 aliphatic heterocycles. The number of hydrogen-bond acceptors (Lipinski definition) is 0. The Labute approximate surface area is 194 Å². The van der Waals surface area contributed by atoms with Gasteiger partial charge in [0, 0.05) is 0 Å². The molecule has 0 aromatic carbocycles. The van der Waals surface area contributed by atoms with Gasteiger partial charge in [-0.15, -0.1) is 12.3 Å². The topological polar surface area (TPSA) is 0 Å². The van der Waals surface area contributed by atoms with E-state index in [0.717, 1.165) is 29.6 Å². The molecule has 174 valence electrons. The molecule has 0 heterocycles. The van der Waals surface area contributed by atoms with Crippen molar-refractivity contribution in [3.05, 3.63) is 30.5 Å². The van der Waals surface area contributed by atoms with Gasteiger partial charge in [0.1, 0.15) is 0 Å². The third kappa shape index (κ3) is 3.74. The van der Waals surface area contributed by atoms with Crippen LogP contribution in [0.1, 0.15) is 118 Å². The first-order chi connectivity index (χ1) is 14.9. The summed E-state index contributed by atoms with van der Waals surface area (Å²) >= 11 is 0. The molecule has 4 fully saturated rings. The monoisotopic (exact) mass is 422 g/mol. The van der Waals surface area contributed by atoms with Crippen LogP contribution in [0.4, 0.5) is 0 Å². The molecule has 0 heteroatoms. The maximum Gasteiger partial charge on any atom is -0.00734 e. The largest absolute Gasteiger partial charge is 0.130 e. The van der Waals surface area contributed by atoms with Crippen molar-refractivity contribution >= 4 is 0 Å². The molecule has 4 unspecified atom stereocenters. The third-order valence-corrected chi connectivity index (χ3v) is 11.8. The number of allylic oxidation sites excluding steroid dienone is 2. The van der Waals surface area contributed by atoms with Gasteiger partial charge in [-0.1, -0.05) is 46.3 Å². The van der Waals surface area contributed by atoms with E-state index < -0.39 is 0 Å². The molecule has 4 rings (SSSR count). The molecule has 0 nitrogen and oxygen atoms in total. The lowest BCUT2D eigenvalue weighted by Gasteiger charge is -2.62. The van der Waals surface area contributed by atoms with Crippen LogP contribution >= 0.6 is 0 Å².